The van der Waals surface area contributed by atoms with E-state index in [9.17, 15) is 0 Å². The van der Waals surface area contributed by atoms with Crippen LogP contribution in [0.2, 0.25) is 0 Å². The van der Waals surface area contributed by atoms with E-state index in [1.807, 2.05) is 6.20 Å². The quantitative estimate of drug-likeness (QED) is 0.835. The van der Waals surface area contributed by atoms with Gasteiger partial charge in [-0.15, -0.1) is 5.10 Å². The molecule has 0 amide bonds. The summed E-state index contributed by atoms with van der Waals surface area (Å²) in [5, 5.41) is 13.2. The molecule has 20 heavy (non-hydrogen) atoms. The van der Waals surface area contributed by atoms with Crippen LogP contribution < -0.4 is 4.90 Å². The zero-order valence-electron chi connectivity index (χ0n) is 11.8. The largest absolute Gasteiger partial charge is 0.353 e. The number of anilines is 1. The minimum atomic E-state index is 0.457. The molecule has 2 aromatic heterocycles. The van der Waals surface area contributed by atoms with Gasteiger partial charge in [-0.05, 0) is 49.8 Å². The van der Waals surface area contributed by atoms with Crippen LogP contribution in [0.4, 0.5) is 5.82 Å². The van der Waals surface area contributed by atoms with E-state index in [2.05, 4.69) is 44.1 Å². The minimum Gasteiger partial charge on any atom is -0.353 e. The van der Waals surface area contributed by atoms with Crippen LogP contribution >= 0.6 is 0 Å². The molecule has 0 bridgehead atoms. The summed E-state index contributed by atoms with van der Waals surface area (Å²) in [7, 11) is 0. The Balaban J connectivity index is 1.53. The average molecular weight is 269 g/mol. The van der Waals surface area contributed by atoms with Crippen molar-refractivity contribution in [2.45, 2.75) is 38.6 Å². The Morgan fingerprint density at radius 2 is 2.20 bits per heavy atom. The standard InChI is InChI=1S/C15H19N5/c1-11-8-16-20(9-11)13-5-6-19(10-13)15-7-12-3-2-4-14(12)17-18-15/h7-9,13H,2-6,10H2,1H3. The molecule has 1 unspecified atom stereocenters. The molecule has 3 heterocycles. The van der Waals surface area contributed by atoms with Crippen molar-refractivity contribution in [1.82, 2.24) is 20.0 Å². The van der Waals surface area contributed by atoms with Crippen LogP contribution in [0.1, 0.15) is 35.7 Å². The lowest BCUT2D eigenvalue weighted by Gasteiger charge is -2.17. The van der Waals surface area contributed by atoms with E-state index in [0.29, 0.717) is 6.04 Å². The van der Waals surface area contributed by atoms with E-state index < -0.39 is 0 Å². The van der Waals surface area contributed by atoms with Crippen molar-refractivity contribution in [1.29, 1.82) is 0 Å². The van der Waals surface area contributed by atoms with Crippen molar-refractivity contribution >= 4 is 5.82 Å². The first kappa shape index (κ1) is 11.9. The van der Waals surface area contributed by atoms with E-state index >= 15 is 0 Å². The number of hydrogen-bond acceptors (Lipinski definition) is 4. The highest BCUT2D eigenvalue weighted by Gasteiger charge is 2.26. The molecular formula is C15H19N5. The van der Waals surface area contributed by atoms with Crippen LogP contribution in [0.25, 0.3) is 0 Å². The third-order valence-electron chi connectivity index (χ3n) is 4.40. The lowest BCUT2D eigenvalue weighted by molar-refractivity contribution is 0.494. The fraction of sp³-hybridized carbons (Fsp3) is 0.533. The summed E-state index contributed by atoms with van der Waals surface area (Å²) < 4.78 is 2.09. The van der Waals surface area contributed by atoms with Crippen molar-refractivity contribution in [3.63, 3.8) is 0 Å². The molecule has 1 aliphatic carbocycles. The van der Waals surface area contributed by atoms with Crippen LogP contribution in [0.5, 0.6) is 0 Å². The predicted octanol–water partition coefficient (Wildman–Crippen LogP) is 1.92. The summed E-state index contributed by atoms with van der Waals surface area (Å²) in [6.45, 7) is 4.10. The van der Waals surface area contributed by atoms with Gasteiger partial charge in [-0.1, -0.05) is 0 Å². The smallest absolute Gasteiger partial charge is 0.151 e. The van der Waals surface area contributed by atoms with Crippen LogP contribution in [0.15, 0.2) is 18.5 Å². The maximum absolute atomic E-state index is 4.44. The number of nitrogens with zero attached hydrogens (tertiary/aromatic N) is 5. The molecule has 4 rings (SSSR count). The Morgan fingerprint density at radius 3 is 3.05 bits per heavy atom. The SMILES string of the molecule is Cc1cnn(C2CCN(c3cc4c(nn3)CCC4)C2)c1. The molecule has 0 aromatic carbocycles. The molecular weight excluding hydrogens is 250 g/mol. The normalized spacial score (nSPS) is 21.4. The maximum Gasteiger partial charge on any atom is 0.151 e. The van der Waals surface area contributed by atoms with Gasteiger partial charge in [0.15, 0.2) is 5.82 Å². The van der Waals surface area contributed by atoms with Crippen molar-refractivity contribution in [3.05, 3.63) is 35.3 Å². The summed E-state index contributed by atoms with van der Waals surface area (Å²) >= 11 is 0. The minimum absolute atomic E-state index is 0.457. The Labute approximate surface area is 118 Å². The molecule has 1 aliphatic heterocycles. The summed E-state index contributed by atoms with van der Waals surface area (Å²) in [5.74, 6) is 1.04. The molecule has 0 N–H and O–H groups in total. The van der Waals surface area contributed by atoms with Crippen molar-refractivity contribution < 1.29 is 0 Å². The highest BCUT2D eigenvalue weighted by molar-refractivity contribution is 5.43. The molecule has 5 nitrogen and oxygen atoms in total. The molecule has 5 heteroatoms. The fourth-order valence-electron chi connectivity index (χ4n) is 3.27. The molecule has 104 valence electrons. The number of fused-ring (bicyclic) bond motifs is 1. The second kappa shape index (κ2) is 4.58. The van der Waals surface area contributed by atoms with Gasteiger partial charge in [-0.3, -0.25) is 4.68 Å². The Kier molecular flexibility index (Phi) is 2.72. The Bertz CT molecular complexity index is 633. The van der Waals surface area contributed by atoms with Gasteiger partial charge in [0, 0.05) is 19.3 Å². The molecule has 0 saturated carbocycles. The van der Waals surface area contributed by atoms with Gasteiger partial charge in [0.2, 0.25) is 0 Å². The number of hydrogen-bond donors (Lipinski definition) is 0. The van der Waals surface area contributed by atoms with E-state index in [1.165, 1.54) is 23.2 Å². The van der Waals surface area contributed by atoms with Gasteiger partial charge >= 0.3 is 0 Å². The third kappa shape index (κ3) is 1.97. The number of rotatable bonds is 2. The van der Waals surface area contributed by atoms with Crippen LogP contribution in [0.3, 0.4) is 0 Å². The molecule has 0 spiro atoms. The topological polar surface area (TPSA) is 46.8 Å². The first-order chi connectivity index (χ1) is 9.79. The van der Waals surface area contributed by atoms with Crippen LogP contribution in [-0.4, -0.2) is 33.1 Å². The molecule has 1 saturated heterocycles. The second-order valence-corrected chi connectivity index (χ2v) is 5.91. The highest BCUT2D eigenvalue weighted by Crippen LogP contribution is 2.28. The van der Waals surface area contributed by atoms with Gasteiger partial charge in [0.05, 0.1) is 17.9 Å². The summed E-state index contributed by atoms with van der Waals surface area (Å²) in [5.41, 5.74) is 3.82. The van der Waals surface area contributed by atoms with Crippen molar-refractivity contribution in [2.24, 2.45) is 0 Å². The highest BCUT2D eigenvalue weighted by atomic mass is 15.3. The molecule has 2 aliphatic rings. The van der Waals surface area contributed by atoms with Crippen molar-refractivity contribution in [2.75, 3.05) is 18.0 Å². The zero-order valence-corrected chi connectivity index (χ0v) is 11.8. The Hall–Kier alpha value is -1.91. The van der Waals surface area contributed by atoms with Gasteiger partial charge < -0.3 is 4.90 Å². The van der Waals surface area contributed by atoms with E-state index in [1.54, 1.807) is 0 Å². The Morgan fingerprint density at radius 1 is 1.25 bits per heavy atom. The van der Waals surface area contributed by atoms with Gasteiger partial charge in [0.25, 0.3) is 0 Å². The van der Waals surface area contributed by atoms with E-state index in [0.717, 1.165) is 38.2 Å². The predicted molar refractivity (Wildman–Crippen MR) is 76.9 cm³/mol. The summed E-state index contributed by atoms with van der Waals surface area (Å²) in [6.07, 6.45) is 8.66. The van der Waals surface area contributed by atoms with E-state index in [4.69, 9.17) is 0 Å². The van der Waals surface area contributed by atoms with Crippen molar-refractivity contribution in [3.8, 4) is 0 Å². The number of aryl methyl sites for hydroxylation is 3. The number of aromatic nitrogens is 4. The first-order valence-electron chi connectivity index (χ1n) is 7.41. The molecule has 1 fully saturated rings. The lowest BCUT2D eigenvalue weighted by atomic mass is 10.2. The molecule has 0 radical (unpaired) electrons. The fourth-order valence-corrected chi connectivity index (χ4v) is 3.27. The third-order valence-corrected chi connectivity index (χ3v) is 4.40. The first-order valence-corrected chi connectivity index (χ1v) is 7.41. The van der Waals surface area contributed by atoms with Crippen LogP contribution in [-0.2, 0) is 12.8 Å². The average Bonchev–Trinajstić information content (AvgIpc) is 3.17. The summed E-state index contributed by atoms with van der Waals surface area (Å²) in [6, 6.07) is 2.70. The maximum atomic E-state index is 4.44. The zero-order chi connectivity index (χ0) is 13.5. The second-order valence-electron chi connectivity index (χ2n) is 5.91. The van der Waals surface area contributed by atoms with Crippen LogP contribution in [0, 0.1) is 6.92 Å². The monoisotopic (exact) mass is 269 g/mol. The summed E-state index contributed by atoms with van der Waals surface area (Å²) in [4.78, 5) is 2.34. The van der Waals surface area contributed by atoms with Gasteiger partial charge in [-0.2, -0.15) is 10.2 Å². The van der Waals surface area contributed by atoms with E-state index in [-0.39, 0.29) is 0 Å². The lowest BCUT2D eigenvalue weighted by Crippen LogP contribution is -2.22. The molecule has 1 atom stereocenters. The molecule has 2 aromatic rings. The van der Waals surface area contributed by atoms with Gasteiger partial charge in [0.1, 0.15) is 0 Å². The van der Waals surface area contributed by atoms with Gasteiger partial charge in [-0.25, -0.2) is 0 Å².